The monoisotopic (exact) mass is 443 g/mol. The maximum Gasteiger partial charge on any atom is 0.263 e. The molecule has 1 fully saturated rings. The Morgan fingerprint density at radius 1 is 1.00 bits per heavy atom. The highest BCUT2D eigenvalue weighted by Gasteiger charge is 2.21. The molecule has 0 radical (unpaired) electrons. The topological polar surface area (TPSA) is 81.3 Å². The van der Waals surface area contributed by atoms with Gasteiger partial charge >= 0.3 is 0 Å². The molecule has 1 N–H and O–H groups in total. The fraction of sp³-hybridized carbons (Fsp3) is 0.385. The van der Waals surface area contributed by atoms with Gasteiger partial charge in [-0.3, -0.25) is 18.6 Å². The molecule has 0 saturated heterocycles. The second kappa shape index (κ2) is 9.17. The predicted molar refractivity (Wildman–Crippen MR) is 128 cm³/mol. The lowest BCUT2D eigenvalue weighted by atomic mass is 9.87. The normalized spacial score (nSPS) is 18.6. The Kier molecular flexibility index (Phi) is 5.94. The fourth-order valence-corrected chi connectivity index (χ4v) is 4.81. The number of nitrogens with one attached hydrogen (secondary N) is 1. The van der Waals surface area contributed by atoms with Gasteiger partial charge in [0.1, 0.15) is 5.82 Å². The first-order chi connectivity index (χ1) is 16.1. The largest absolute Gasteiger partial charge is 0.353 e. The number of hydrogen-bond acceptors (Lipinski definition) is 4. The van der Waals surface area contributed by atoms with Crippen molar-refractivity contribution in [3.8, 4) is 0 Å². The molecule has 170 valence electrons. The Balaban J connectivity index is 1.44. The van der Waals surface area contributed by atoms with Crippen LogP contribution in [0.25, 0.3) is 16.7 Å². The molecule has 1 amide bonds. The zero-order chi connectivity index (χ0) is 22.8. The van der Waals surface area contributed by atoms with Crippen LogP contribution in [0.1, 0.15) is 50.4 Å². The third kappa shape index (κ3) is 4.40. The van der Waals surface area contributed by atoms with E-state index in [9.17, 15) is 9.59 Å². The van der Waals surface area contributed by atoms with Crippen molar-refractivity contribution in [2.45, 2.75) is 58.0 Å². The molecule has 33 heavy (non-hydrogen) atoms. The van der Waals surface area contributed by atoms with Crippen molar-refractivity contribution in [2.24, 2.45) is 5.92 Å². The third-order valence-corrected chi connectivity index (χ3v) is 6.72. The fourth-order valence-electron chi connectivity index (χ4n) is 4.81. The van der Waals surface area contributed by atoms with Crippen LogP contribution in [0.5, 0.6) is 0 Å². The SMILES string of the molecule is CC1CCC(NC(=O)CCc2nnc3n(Cc4ccccc4)c(=O)c4ccccc4n23)CC1. The van der Waals surface area contributed by atoms with Crippen molar-refractivity contribution < 1.29 is 4.79 Å². The Morgan fingerprint density at radius 3 is 2.52 bits per heavy atom. The third-order valence-electron chi connectivity index (χ3n) is 6.72. The van der Waals surface area contributed by atoms with Crippen LogP contribution in [0.4, 0.5) is 0 Å². The molecular weight excluding hydrogens is 414 g/mol. The summed E-state index contributed by atoms with van der Waals surface area (Å²) in [4.78, 5) is 25.9. The van der Waals surface area contributed by atoms with Gasteiger partial charge in [0.15, 0.2) is 0 Å². The Hall–Kier alpha value is -3.48. The van der Waals surface area contributed by atoms with E-state index in [1.165, 1.54) is 12.8 Å². The van der Waals surface area contributed by atoms with Crippen molar-refractivity contribution in [3.05, 3.63) is 76.3 Å². The van der Waals surface area contributed by atoms with Gasteiger partial charge in [0, 0.05) is 18.9 Å². The van der Waals surface area contributed by atoms with E-state index < -0.39 is 0 Å². The van der Waals surface area contributed by atoms with Crippen LogP contribution >= 0.6 is 0 Å². The average Bonchev–Trinajstić information content (AvgIpc) is 3.27. The van der Waals surface area contributed by atoms with E-state index in [1.807, 2.05) is 59.0 Å². The van der Waals surface area contributed by atoms with Gasteiger partial charge < -0.3 is 5.32 Å². The van der Waals surface area contributed by atoms with Crippen molar-refractivity contribution in [2.75, 3.05) is 0 Å². The van der Waals surface area contributed by atoms with Gasteiger partial charge in [-0.25, -0.2) is 0 Å². The summed E-state index contributed by atoms with van der Waals surface area (Å²) in [6, 6.07) is 17.6. The first-order valence-corrected chi connectivity index (χ1v) is 11.8. The van der Waals surface area contributed by atoms with Gasteiger partial charge in [-0.1, -0.05) is 49.4 Å². The zero-order valence-electron chi connectivity index (χ0n) is 18.9. The van der Waals surface area contributed by atoms with E-state index in [4.69, 9.17) is 0 Å². The first kappa shape index (κ1) is 21.4. The van der Waals surface area contributed by atoms with Crippen LogP contribution in [0.2, 0.25) is 0 Å². The van der Waals surface area contributed by atoms with E-state index in [1.54, 1.807) is 4.57 Å². The summed E-state index contributed by atoms with van der Waals surface area (Å²) >= 11 is 0. The Bertz CT molecular complexity index is 1330. The summed E-state index contributed by atoms with van der Waals surface area (Å²) < 4.78 is 3.59. The van der Waals surface area contributed by atoms with Crippen molar-refractivity contribution in [1.82, 2.24) is 24.5 Å². The van der Waals surface area contributed by atoms with Crippen molar-refractivity contribution >= 4 is 22.6 Å². The minimum Gasteiger partial charge on any atom is -0.353 e. The lowest BCUT2D eigenvalue weighted by Crippen LogP contribution is -2.37. The molecule has 0 spiro atoms. The number of aryl methyl sites for hydroxylation is 1. The van der Waals surface area contributed by atoms with Gasteiger partial charge in [0.25, 0.3) is 5.56 Å². The van der Waals surface area contributed by atoms with Gasteiger partial charge in [0.05, 0.1) is 17.4 Å². The number of benzene rings is 2. The van der Waals surface area contributed by atoms with E-state index in [-0.39, 0.29) is 17.5 Å². The number of rotatable bonds is 6. The lowest BCUT2D eigenvalue weighted by molar-refractivity contribution is -0.122. The van der Waals surface area contributed by atoms with Crippen LogP contribution in [-0.2, 0) is 17.8 Å². The minimum absolute atomic E-state index is 0.0493. The molecule has 0 aliphatic heterocycles. The number of carbonyl (C=O) groups excluding carboxylic acids is 1. The number of para-hydroxylation sites is 1. The maximum atomic E-state index is 13.3. The van der Waals surface area contributed by atoms with Crippen LogP contribution < -0.4 is 10.9 Å². The molecule has 0 bridgehead atoms. The quantitative estimate of drug-likeness (QED) is 0.492. The predicted octanol–water partition coefficient (Wildman–Crippen LogP) is 3.72. The molecule has 0 unspecified atom stereocenters. The van der Waals surface area contributed by atoms with Crippen molar-refractivity contribution in [1.29, 1.82) is 0 Å². The zero-order valence-corrected chi connectivity index (χ0v) is 18.9. The number of amides is 1. The summed E-state index contributed by atoms with van der Waals surface area (Å²) in [6.45, 7) is 2.68. The summed E-state index contributed by atoms with van der Waals surface area (Å²) in [5, 5.41) is 12.6. The lowest BCUT2D eigenvalue weighted by Gasteiger charge is -2.26. The highest BCUT2D eigenvalue weighted by molar-refractivity contribution is 5.80. The standard InChI is InChI=1S/C26H29N5O2/c1-18-11-13-20(14-12-18)27-24(32)16-15-23-28-29-26-30(17-19-7-3-2-4-8-19)25(33)21-9-5-6-10-22(21)31(23)26/h2-10,18,20H,11-17H2,1H3,(H,27,32). The number of carbonyl (C=O) groups is 1. The molecule has 2 aromatic carbocycles. The summed E-state index contributed by atoms with van der Waals surface area (Å²) in [5.41, 5.74) is 1.69. The van der Waals surface area contributed by atoms with E-state index >= 15 is 0 Å². The second-order valence-corrected chi connectivity index (χ2v) is 9.17. The first-order valence-electron chi connectivity index (χ1n) is 11.8. The number of aromatic nitrogens is 4. The summed E-state index contributed by atoms with van der Waals surface area (Å²) in [7, 11) is 0. The number of hydrogen-bond donors (Lipinski definition) is 1. The number of nitrogens with zero attached hydrogens (tertiary/aromatic N) is 4. The maximum absolute atomic E-state index is 13.3. The molecule has 2 aromatic heterocycles. The molecule has 1 aliphatic carbocycles. The minimum atomic E-state index is -0.0924. The van der Waals surface area contributed by atoms with Crippen LogP contribution in [0.3, 0.4) is 0 Å². The highest BCUT2D eigenvalue weighted by atomic mass is 16.1. The summed E-state index contributed by atoms with van der Waals surface area (Å²) in [5.74, 6) is 1.99. The second-order valence-electron chi connectivity index (χ2n) is 9.17. The van der Waals surface area contributed by atoms with Crippen LogP contribution in [-0.4, -0.2) is 31.1 Å². The molecule has 4 aromatic rings. The van der Waals surface area contributed by atoms with Gasteiger partial charge in [-0.2, -0.15) is 0 Å². The van der Waals surface area contributed by atoms with Gasteiger partial charge in [-0.05, 0) is 49.3 Å². The molecular formula is C26H29N5O2. The molecule has 7 heteroatoms. The molecule has 1 saturated carbocycles. The van der Waals surface area contributed by atoms with Gasteiger partial charge in [0.2, 0.25) is 11.7 Å². The molecule has 0 atom stereocenters. The molecule has 1 aliphatic rings. The van der Waals surface area contributed by atoms with E-state index in [0.29, 0.717) is 36.4 Å². The summed E-state index contributed by atoms with van der Waals surface area (Å²) in [6.07, 6.45) is 5.26. The molecule has 7 nitrogen and oxygen atoms in total. The molecule has 5 rings (SSSR count). The smallest absolute Gasteiger partial charge is 0.263 e. The highest BCUT2D eigenvalue weighted by Crippen LogP contribution is 2.23. The van der Waals surface area contributed by atoms with E-state index in [2.05, 4.69) is 22.4 Å². The number of fused-ring (bicyclic) bond motifs is 3. The average molecular weight is 444 g/mol. The van der Waals surface area contributed by atoms with Crippen LogP contribution in [0, 0.1) is 5.92 Å². The van der Waals surface area contributed by atoms with Crippen LogP contribution in [0.15, 0.2) is 59.4 Å². The van der Waals surface area contributed by atoms with E-state index in [0.717, 1.165) is 29.8 Å². The molecule has 2 heterocycles. The van der Waals surface area contributed by atoms with Gasteiger partial charge in [-0.15, -0.1) is 10.2 Å². The Morgan fingerprint density at radius 2 is 1.73 bits per heavy atom. The Labute approximate surface area is 192 Å². The van der Waals surface area contributed by atoms with Crippen molar-refractivity contribution in [3.63, 3.8) is 0 Å².